The van der Waals surface area contributed by atoms with Crippen LogP contribution >= 0.6 is 11.6 Å². The standard InChI is InChI=1S/C12H14ClNO5S/c1-18-11-3-2-9(6-10(11)12(13)15)20(16,17)14-8-4-5-19-7-8/h2-3,6,8,14H,4-5,7H2,1H3/t8-/m0/s1/i1D3. The lowest BCUT2D eigenvalue weighted by Gasteiger charge is -2.13. The molecule has 0 aliphatic carbocycles. The molecule has 0 aromatic heterocycles. The van der Waals surface area contributed by atoms with Crippen molar-refractivity contribution in [3.8, 4) is 5.75 Å². The van der Waals surface area contributed by atoms with E-state index in [1.54, 1.807) is 0 Å². The van der Waals surface area contributed by atoms with Crippen LogP contribution in [0.25, 0.3) is 0 Å². The van der Waals surface area contributed by atoms with Crippen LogP contribution in [0.1, 0.15) is 20.9 Å². The van der Waals surface area contributed by atoms with Crippen LogP contribution < -0.4 is 9.46 Å². The number of hydrogen-bond donors (Lipinski definition) is 1. The Morgan fingerprint density at radius 3 is 3.00 bits per heavy atom. The summed E-state index contributed by atoms with van der Waals surface area (Å²) in [5.74, 6) is -0.312. The largest absolute Gasteiger partial charge is 0.496 e. The first kappa shape index (κ1) is 11.5. The van der Waals surface area contributed by atoms with Gasteiger partial charge in [-0.15, -0.1) is 0 Å². The quantitative estimate of drug-likeness (QED) is 0.822. The first-order valence-corrected chi connectivity index (χ1v) is 7.57. The molecular formula is C12H14ClNO5S. The van der Waals surface area contributed by atoms with Gasteiger partial charge in [0.15, 0.2) is 0 Å². The van der Waals surface area contributed by atoms with Crippen molar-refractivity contribution in [3.05, 3.63) is 23.8 Å². The SMILES string of the molecule is [2H]C([2H])([2H])Oc1ccc(S(=O)(=O)N[C@H]2CCOC2)cc1C(=O)Cl. The number of halogens is 1. The molecule has 1 atom stereocenters. The molecule has 0 saturated carbocycles. The summed E-state index contributed by atoms with van der Waals surface area (Å²) in [4.78, 5) is 11.2. The number of ether oxygens (including phenoxy) is 2. The third kappa shape index (κ3) is 3.29. The third-order valence-electron chi connectivity index (χ3n) is 2.83. The molecule has 20 heavy (non-hydrogen) atoms. The molecule has 1 aliphatic heterocycles. The number of sulfonamides is 1. The summed E-state index contributed by atoms with van der Waals surface area (Å²) in [6.45, 7) is 0.727. The van der Waals surface area contributed by atoms with Crippen LogP contribution in [0.5, 0.6) is 5.75 Å². The zero-order chi connectivity index (χ0) is 17.3. The van der Waals surface area contributed by atoms with E-state index in [0.29, 0.717) is 13.0 Å². The molecule has 1 heterocycles. The Morgan fingerprint density at radius 2 is 2.40 bits per heavy atom. The average Bonchev–Trinajstić information content (AvgIpc) is 2.88. The lowest BCUT2D eigenvalue weighted by Crippen LogP contribution is -2.35. The van der Waals surface area contributed by atoms with Crippen LogP contribution in [0.2, 0.25) is 0 Å². The number of carbonyl (C=O) groups excluding carboxylic acids is 1. The molecule has 0 spiro atoms. The number of rotatable bonds is 5. The summed E-state index contributed by atoms with van der Waals surface area (Å²) in [6, 6.07) is 2.85. The van der Waals surface area contributed by atoms with Crippen molar-refractivity contribution >= 4 is 26.9 Å². The van der Waals surface area contributed by atoms with Gasteiger partial charge in [0.25, 0.3) is 5.24 Å². The van der Waals surface area contributed by atoms with Crippen molar-refractivity contribution in [2.24, 2.45) is 0 Å². The lowest BCUT2D eigenvalue weighted by atomic mass is 10.2. The maximum Gasteiger partial charge on any atom is 0.256 e. The Morgan fingerprint density at radius 1 is 1.60 bits per heavy atom. The Hall–Kier alpha value is -1.15. The fourth-order valence-corrected chi connectivity index (χ4v) is 3.26. The van der Waals surface area contributed by atoms with E-state index >= 15 is 0 Å². The van der Waals surface area contributed by atoms with Crippen molar-refractivity contribution in [1.82, 2.24) is 4.72 Å². The minimum Gasteiger partial charge on any atom is -0.496 e. The Labute approximate surface area is 126 Å². The van der Waals surface area contributed by atoms with E-state index < -0.39 is 22.3 Å². The average molecular weight is 323 g/mol. The van der Waals surface area contributed by atoms with Gasteiger partial charge in [-0.1, -0.05) is 0 Å². The van der Waals surface area contributed by atoms with E-state index in [1.807, 2.05) is 0 Å². The fraction of sp³-hybridized carbons (Fsp3) is 0.417. The van der Waals surface area contributed by atoms with Crippen molar-refractivity contribution in [3.63, 3.8) is 0 Å². The van der Waals surface area contributed by atoms with Crippen molar-refractivity contribution in [1.29, 1.82) is 0 Å². The fourth-order valence-electron chi connectivity index (χ4n) is 1.83. The zero-order valence-corrected chi connectivity index (χ0v) is 11.8. The topological polar surface area (TPSA) is 81.7 Å². The van der Waals surface area contributed by atoms with Gasteiger partial charge in [0, 0.05) is 12.6 Å². The summed E-state index contributed by atoms with van der Waals surface area (Å²) < 4.78 is 57.9. The number of methoxy groups -OCH3 is 1. The van der Waals surface area contributed by atoms with E-state index in [2.05, 4.69) is 9.46 Å². The normalized spacial score (nSPS) is 21.9. The summed E-state index contributed by atoms with van der Waals surface area (Å²) >= 11 is 5.39. The second-order valence-corrected chi connectivity index (χ2v) is 6.27. The molecule has 2 rings (SSSR count). The van der Waals surface area contributed by atoms with Gasteiger partial charge in [-0.05, 0) is 36.2 Å². The van der Waals surface area contributed by atoms with Crippen molar-refractivity contribution in [2.45, 2.75) is 17.4 Å². The van der Waals surface area contributed by atoms with E-state index in [0.717, 1.165) is 18.2 Å². The van der Waals surface area contributed by atoms with Crippen LogP contribution in [-0.4, -0.2) is 40.0 Å². The molecule has 1 saturated heterocycles. The molecule has 0 radical (unpaired) electrons. The van der Waals surface area contributed by atoms with Crippen LogP contribution in [0, 0.1) is 0 Å². The minimum absolute atomic E-state index is 0.216. The predicted octanol–water partition coefficient (Wildman–Crippen LogP) is 1.14. The first-order chi connectivity index (χ1) is 10.6. The molecule has 1 aliphatic rings. The van der Waals surface area contributed by atoms with E-state index in [1.165, 1.54) is 0 Å². The van der Waals surface area contributed by atoms with Crippen molar-refractivity contribution in [2.75, 3.05) is 20.3 Å². The van der Waals surface area contributed by atoms with Gasteiger partial charge in [0.1, 0.15) is 5.75 Å². The number of benzene rings is 1. The maximum atomic E-state index is 12.3. The molecule has 110 valence electrons. The monoisotopic (exact) mass is 322 g/mol. The maximum absolute atomic E-state index is 12.3. The van der Waals surface area contributed by atoms with Gasteiger partial charge < -0.3 is 9.47 Å². The van der Waals surface area contributed by atoms with Crippen molar-refractivity contribution < 1.29 is 26.8 Å². The minimum atomic E-state index is -3.90. The number of nitrogens with one attached hydrogen (secondary N) is 1. The van der Waals surface area contributed by atoms with Gasteiger partial charge in [0.05, 0.1) is 28.2 Å². The highest BCUT2D eigenvalue weighted by Crippen LogP contribution is 2.24. The number of hydrogen-bond acceptors (Lipinski definition) is 5. The highest BCUT2D eigenvalue weighted by Gasteiger charge is 2.24. The van der Waals surface area contributed by atoms with Gasteiger partial charge in [0.2, 0.25) is 10.0 Å². The molecule has 1 aromatic carbocycles. The molecule has 8 heteroatoms. The molecule has 0 unspecified atom stereocenters. The smallest absolute Gasteiger partial charge is 0.256 e. The van der Waals surface area contributed by atoms with E-state index in [-0.39, 0.29) is 28.9 Å². The molecule has 6 nitrogen and oxygen atoms in total. The highest BCUT2D eigenvalue weighted by molar-refractivity contribution is 7.89. The summed E-state index contributed by atoms with van der Waals surface area (Å²) in [5.41, 5.74) is -0.340. The van der Waals surface area contributed by atoms with Crippen LogP contribution in [0.15, 0.2) is 23.1 Å². The number of carbonyl (C=O) groups is 1. The summed E-state index contributed by atoms with van der Waals surface area (Å²) in [6.07, 6.45) is 0.542. The van der Waals surface area contributed by atoms with E-state index in [4.69, 9.17) is 20.5 Å². The molecule has 1 fully saturated rings. The summed E-state index contributed by atoms with van der Waals surface area (Å²) in [5, 5.41) is -1.02. The van der Waals surface area contributed by atoms with E-state index in [9.17, 15) is 13.2 Å². The highest BCUT2D eigenvalue weighted by atomic mass is 35.5. The second kappa shape index (κ2) is 6.09. The molecule has 0 bridgehead atoms. The molecule has 0 amide bonds. The van der Waals surface area contributed by atoms with Crippen LogP contribution in [0.4, 0.5) is 0 Å². The molecule has 1 aromatic rings. The second-order valence-electron chi connectivity index (χ2n) is 4.22. The van der Waals surface area contributed by atoms with Gasteiger partial charge in [-0.25, -0.2) is 13.1 Å². The zero-order valence-electron chi connectivity index (χ0n) is 13.3. The van der Waals surface area contributed by atoms with Gasteiger partial charge in [-0.3, -0.25) is 4.79 Å². The Balaban J connectivity index is 2.33. The molecule has 1 N–H and O–H groups in total. The van der Waals surface area contributed by atoms with Crippen LogP contribution in [-0.2, 0) is 14.8 Å². The third-order valence-corrected chi connectivity index (χ3v) is 4.56. The Bertz CT molecular complexity index is 701. The van der Waals surface area contributed by atoms with Gasteiger partial charge >= 0.3 is 0 Å². The van der Waals surface area contributed by atoms with Crippen LogP contribution in [0.3, 0.4) is 0 Å². The first-order valence-electron chi connectivity index (χ1n) is 7.21. The van der Waals surface area contributed by atoms with Gasteiger partial charge in [-0.2, -0.15) is 0 Å². The summed E-state index contributed by atoms with van der Waals surface area (Å²) in [7, 11) is -6.69. The molecular weight excluding hydrogens is 306 g/mol. The lowest BCUT2D eigenvalue weighted by molar-refractivity contribution is 0.107. The predicted molar refractivity (Wildman–Crippen MR) is 72.7 cm³/mol. The Kier molecular flexibility index (Phi) is 3.50.